The minimum Gasteiger partial charge on any atom is -0.489 e. The molecule has 0 spiro atoms. The summed E-state index contributed by atoms with van der Waals surface area (Å²) in [7, 11) is 0. The van der Waals surface area contributed by atoms with Crippen molar-refractivity contribution < 1.29 is 19.1 Å². The Morgan fingerprint density at radius 1 is 0.931 bits per heavy atom. The molecular formula is C23H26N2O4. The van der Waals surface area contributed by atoms with Crippen LogP contribution in [-0.2, 0) is 16.1 Å². The monoisotopic (exact) mass is 394 g/mol. The Hall–Kier alpha value is -2.86. The van der Waals surface area contributed by atoms with Crippen LogP contribution < -0.4 is 4.74 Å². The lowest BCUT2D eigenvalue weighted by Gasteiger charge is -2.35. The molecule has 0 bridgehead atoms. The van der Waals surface area contributed by atoms with Gasteiger partial charge in [0.25, 0.3) is 11.8 Å². The number of ether oxygens (including phenoxy) is 2. The van der Waals surface area contributed by atoms with Crippen molar-refractivity contribution in [2.75, 3.05) is 32.8 Å². The Morgan fingerprint density at radius 3 is 2.28 bits per heavy atom. The van der Waals surface area contributed by atoms with E-state index in [2.05, 4.69) is 0 Å². The van der Waals surface area contributed by atoms with E-state index in [0.717, 1.165) is 24.2 Å². The second-order valence-electron chi connectivity index (χ2n) is 7.42. The predicted octanol–water partition coefficient (Wildman–Crippen LogP) is 2.73. The number of hydrogen-bond donors (Lipinski definition) is 0. The van der Waals surface area contributed by atoms with Gasteiger partial charge in [-0.1, -0.05) is 30.3 Å². The van der Waals surface area contributed by atoms with E-state index >= 15 is 0 Å². The number of amides is 2. The van der Waals surface area contributed by atoms with Gasteiger partial charge >= 0.3 is 0 Å². The third kappa shape index (κ3) is 4.77. The maximum atomic E-state index is 12.8. The van der Waals surface area contributed by atoms with Crippen LogP contribution in [0.25, 0.3) is 0 Å². The number of para-hydroxylation sites is 1. The Morgan fingerprint density at radius 2 is 1.62 bits per heavy atom. The maximum Gasteiger partial charge on any atom is 0.253 e. The summed E-state index contributed by atoms with van der Waals surface area (Å²) >= 11 is 0. The summed E-state index contributed by atoms with van der Waals surface area (Å²) in [6.07, 6.45) is 1.46. The van der Waals surface area contributed by atoms with Crippen LogP contribution in [0, 0.1) is 0 Å². The number of hydrogen-bond acceptors (Lipinski definition) is 4. The number of carbonyl (C=O) groups is 2. The minimum atomic E-state index is -0.289. The second-order valence-corrected chi connectivity index (χ2v) is 7.42. The van der Waals surface area contributed by atoms with Gasteiger partial charge in [0.1, 0.15) is 18.5 Å². The van der Waals surface area contributed by atoms with Gasteiger partial charge in [0, 0.05) is 38.3 Å². The zero-order valence-corrected chi connectivity index (χ0v) is 16.5. The van der Waals surface area contributed by atoms with Crippen LogP contribution in [0.4, 0.5) is 0 Å². The third-order valence-corrected chi connectivity index (χ3v) is 5.43. The van der Waals surface area contributed by atoms with Gasteiger partial charge in [0.15, 0.2) is 0 Å². The first-order valence-corrected chi connectivity index (χ1v) is 10.2. The average molecular weight is 394 g/mol. The molecule has 1 atom stereocenters. The summed E-state index contributed by atoms with van der Waals surface area (Å²) < 4.78 is 11.2. The van der Waals surface area contributed by atoms with Crippen molar-refractivity contribution in [1.82, 2.24) is 9.80 Å². The highest BCUT2D eigenvalue weighted by atomic mass is 16.5. The van der Waals surface area contributed by atoms with E-state index in [-0.39, 0.29) is 17.9 Å². The van der Waals surface area contributed by atoms with Gasteiger partial charge in [0.05, 0.1) is 0 Å². The van der Waals surface area contributed by atoms with Gasteiger partial charge in [-0.05, 0) is 42.7 Å². The molecule has 2 aliphatic heterocycles. The van der Waals surface area contributed by atoms with E-state index in [0.29, 0.717) is 45.0 Å². The fraction of sp³-hybridized carbons (Fsp3) is 0.391. The maximum absolute atomic E-state index is 12.8. The van der Waals surface area contributed by atoms with E-state index < -0.39 is 0 Å². The van der Waals surface area contributed by atoms with Crippen molar-refractivity contribution in [1.29, 1.82) is 0 Å². The predicted molar refractivity (Wildman–Crippen MR) is 109 cm³/mol. The first-order chi connectivity index (χ1) is 14.2. The van der Waals surface area contributed by atoms with Crippen molar-refractivity contribution >= 4 is 11.8 Å². The fourth-order valence-electron chi connectivity index (χ4n) is 3.72. The molecule has 2 fully saturated rings. The molecule has 0 saturated carbocycles. The average Bonchev–Trinajstić information content (AvgIpc) is 3.33. The molecular weight excluding hydrogens is 368 g/mol. The smallest absolute Gasteiger partial charge is 0.253 e. The molecule has 2 heterocycles. The van der Waals surface area contributed by atoms with Crippen LogP contribution in [0.1, 0.15) is 28.8 Å². The molecule has 2 aromatic carbocycles. The van der Waals surface area contributed by atoms with E-state index in [9.17, 15) is 9.59 Å². The topological polar surface area (TPSA) is 59.1 Å². The summed E-state index contributed by atoms with van der Waals surface area (Å²) in [4.78, 5) is 28.9. The van der Waals surface area contributed by atoms with Crippen LogP contribution in [0.15, 0.2) is 54.6 Å². The first-order valence-electron chi connectivity index (χ1n) is 10.2. The lowest BCUT2D eigenvalue weighted by Crippen LogP contribution is -2.52. The largest absolute Gasteiger partial charge is 0.489 e. The highest BCUT2D eigenvalue weighted by Gasteiger charge is 2.31. The molecule has 4 rings (SSSR count). The zero-order valence-electron chi connectivity index (χ0n) is 16.5. The van der Waals surface area contributed by atoms with E-state index in [1.165, 1.54) is 0 Å². The third-order valence-electron chi connectivity index (χ3n) is 5.43. The summed E-state index contributed by atoms with van der Waals surface area (Å²) in [5.74, 6) is 0.894. The zero-order chi connectivity index (χ0) is 20.1. The van der Waals surface area contributed by atoms with Gasteiger partial charge in [-0.2, -0.15) is 0 Å². The van der Waals surface area contributed by atoms with Crippen LogP contribution in [-0.4, -0.2) is 60.5 Å². The normalized spacial score (nSPS) is 19.2. The number of rotatable bonds is 5. The highest BCUT2D eigenvalue weighted by Crippen LogP contribution is 2.17. The molecule has 0 N–H and O–H groups in total. The first kappa shape index (κ1) is 19.5. The summed E-state index contributed by atoms with van der Waals surface area (Å²) in [6, 6.07) is 17.2. The number of piperazine rings is 1. The van der Waals surface area contributed by atoms with Crippen molar-refractivity contribution in [2.45, 2.75) is 25.6 Å². The molecule has 2 saturated heterocycles. The molecule has 0 aliphatic carbocycles. The Balaban J connectivity index is 1.28. The Bertz CT molecular complexity index is 824. The van der Waals surface area contributed by atoms with E-state index in [1.807, 2.05) is 64.4 Å². The van der Waals surface area contributed by atoms with Crippen molar-refractivity contribution in [3.63, 3.8) is 0 Å². The second kappa shape index (κ2) is 9.09. The van der Waals surface area contributed by atoms with Crippen molar-refractivity contribution in [3.8, 4) is 5.75 Å². The van der Waals surface area contributed by atoms with Crippen molar-refractivity contribution in [3.05, 3.63) is 65.7 Å². The van der Waals surface area contributed by atoms with Gasteiger partial charge in [-0.15, -0.1) is 0 Å². The van der Waals surface area contributed by atoms with E-state index in [1.54, 1.807) is 0 Å². The van der Waals surface area contributed by atoms with Crippen LogP contribution >= 0.6 is 0 Å². The quantitative estimate of drug-likeness (QED) is 0.783. The molecule has 29 heavy (non-hydrogen) atoms. The number of carbonyl (C=O) groups excluding carboxylic acids is 2. The number of benzene rings is 2. The summed E-state index contributed by atoms with van der Waals surface area (Å²) in [5.41, 5.74) is 1.67. The van der Waals surface area contributed by atoms with Gasteiger partial charge < -0.3 is 19.3 Å². The summed E-state index contributed by atoms with van der Waals surface area (Å²) in [6.45, 7) is 3.36. The molecule has 0 radical (unpaired) electrons. The molecule has 6 heteroatoms. The molecule has 1 unspecified atom stereocenters. The van der Waals surface area contributed by atoms with E-state index in [4.69, 9.17) is 9.47 Å². The van der Waals surface area contributed by atoms with Gasteiger partial charge in [0.2, 0.25) is 0 Å². The van der Waals surface area contributed by atoms with Crippen LogP contribution in [0.2, 0.25) is 0 Å². The van der Waals surface area contributed by atoms with Gasteiger partial charge in [-0.3, -0.25) is 9.59 Å². The number of nitrogens with zero attached hydrogens (tertiary/aromatic N) is 2. The van der Waals surface area contributed by atoms with Crippen molar-refractivity contribution in [2.24, 2.45) is 0 Å². The molecule has 0 aromatic heterocycles. The molecule has 2 aliphatic rings. The summed E-state index contributed by atoms with van der Waals surface area (Å²) in [5, 5.41) is 0. The molecule has 2 amide bonds. The highest BCUT2D eigenvalue weighted by molar-refractivity contribution is 5.94. The molecule has 2 aromatic rings. The van der Waals surface area contributed by atoms with Gasteiger partial charge in [-0.25, -0.2) is 0 Å². The molecule has 152 valence electrons. The lowest BCUT2D eigenvalue weighted by atomic mass is 10.1. The Kier molecular flexibility index (Phi) is 6.10. The molecule has 6 nitrogen and oxygen atoms in total. The lowest BCUT2D eigenvalue weighted by molar-refractivity contribution is -0.142. The fourth-order valence-corrected chi connectivity index (χ4v) is 3.72. The standard InChI is InChI=1S/C23H26N2O4/c26-22(24-12-14-25(15-13-24)23(27)21-7-4-16-28-21)19-10-8-18(9-11-19)17-29-20-5-2-1-3-6-20/h1-3,5-6,8-11,21H,4,7,12-17H2. The Labute approximate surface area is 171 Å². The SMILES string of the molecule is O=C(c1ccc(COc2ccccc2)cc1)N1CCN(C(=O)C2CCCO2)CC1. The van der Waals surface area contributed by atoms with Crippen LogP contribution in [0.5, 0.6) is 5.75 Å². The minimum absolute atomic E-state index is 0.00439. The van der Waals surface area contributed by atoms with Crippen LogP contribution in [0.3, 0.4) is 0 Å².